The molecule has 0 saturated heterocycles. The van der Waals surface area contributed by atoms with Gasteiger partial charge in [-0.05, 0) is 44.6 Å². The zero-order valence-corrected chi connectivity index (χ0v) is 13.3. The van der Waals surface area contributed by atoms with Crippen molar-refractivity contribution in [2.75, 3.05) is 6.61 Å². The Morgan fingerprint density at radius 1 is 1.20 bits per heavy atom. The van der Waals surface area contributed by atoms with E-state index in [1.807, 2.05) is 19.9 Å². The SMILES string of the molecule is CCCCOC(=O)C(C)(C)CC(CC)c1ccccc1. The van der Waals surface area contributed by atoms with Crippen LogP contribution >= 0.6 is 0 Å². The fraction of sp³-hybridized carbons (Fsp3) is 0.611. The molecule has 1 aromatic carbocycles. The van der Waals surface area contributed by atoms with Gasteiger partial charge in [0, 0.05) is 0 Å². The van der Waals surface area contributed by atoms with E-state index in [1.165, 1.54) is 5.56 Å². The Morgan fingerprint density at radius 3 is 2.40 bits per heavy atom. The summed E-state index contributed by atoms with van der Waals surface area (Å²) < 4.78 is 5.39. The molecule has 0 spiro atoms. The highest BCUT2D eigenvalue weighted by Crippen LogP contribution is 2.34. The van der Waals surface area contributed by atoms with Crippen LogP contribution in [0.5, 0.6) is 0 Å². The zero-order chi connectivity index (χ0) is 15.0. The molecule has 112 valence electrons. The molecule has 0 N–H and O–H groups in total. The second kappa shape index (κ2) is 8.08. The van der Waals surface area contributed by atoms with Gasteiger partial charge in [-0.15, -0.1) is 0 Å². The molecule has 0 heterocycles. The summed E-state index contributed by atoms with van der Waals surface area (Å²) in [5.41, 5.74) is 0.883. The molecule has 0 aliphatic carbocycles. The number of ether oxygens (including phenoxy) is 1. The van der Waals surface area contributed by atoms with Gasteiger partial charge in [-0.1, -0.05) is 50.6 Å². The van der Waals surface area contributed by atoms with Crippen molar-refractivity contribution in [3.05, 3.63) is 35.9 Å². The Balaban J connectivity index is 2.65. The van der Waals surface area contributed by atoms with Crippen LogP contribution in [0, 0.1) is 5.41 Å². The van der Waals surface area contributed by atoms with Gasteiger partial charge in [-0.2, -0.15) is 0 Å². The average molecular weight is 276 g/mol. The first-order valence-electron chi connectivity index (χ1n) is 7.73. The molecule has 0 radical (unpaired) electrons. The number of unbranched alkanes of at least 4 members (excludes halogenated alkanes) is 1. The lowest BCUT2D eigenvalue weighted by molar-refractivity contribution is -0.154. The topological polar surface area (TPSA) is 26.3 Å². The van der Waals surface area contributed by atoms with Gasteiger partial charge in [0.1, 0.15) is 0 Å². The molecule has 0 saturated carbocycles. The van der Waals surface area contributed by atoms with Gasteiger partial charge in [0.05, 0.1) is 12.0 Å². The lowest BCUT2D eigenvalue weighted by Crippen LogP contribution is -2.29. The van der Waals surface area contributed by atoms with Gasteiger partial charge < -0.3 is 4.74 Å². The molecule has 1 unspecified atom stereocenters. The standard InChI is InChI=1S/C18H28O2/c1-5-7-13-20-17(19)18(3,4)14-15(6-2)16-11-9-8-10-12-16/h8-12,15H,5-7,13-14H2,1-4H3. The lowest BCUT2D eigenvalue weighted by Gasteiger charge is -2.27. The highest BCUT2D eigenvalue weighted by atomic mass is 16.5. The molecule has 20 heavy (non-hydrogen) atoms. The molecule has 0 aliphatic heterocycles. The van der Waals surface area contributed by atoms with Gasteiger partial charge in [0.2, 0.25) is 0 Å². The van der Waals surface area contributed by atoms with Crippen LogP contribution in [0.4, 0.5) is 0 Å². The van der Waals surface area contributed by atoms with Gasteiger partial charge in [0.25, 0.3) is 0 Å². The summed E-state index contributed by atoms with van der Waals surface area (Å²) in [5.74, 6) is 0.338. The molecule has 0 bridgehead atoms. The first-order chi connectivity index (χ1) is 9.51. The van der Waals surface area contributed by atoms with Gasteiger partial charge >= 0.3 is 5.97 Å². The van der Waals surface area contributed by atoms with E-state index in [-0.39, 0.29) is 5.97 Å². The summed E-state index contributed by atoms with van der Waals surface area (Å²) in [7, 11) is 0. The van der Waals surface area contributed by atoms with Crippen molar-refractivity contribution in [3.63, 3.8) is 0 Å². The maximum absolute atomic E-state index is 12.2. The van der Waals surface area contributed by atoms with Crippen LogP contribution in [-0.4, -0.2) is 12.6 Å². The van der Waals surface area contributed by atoms with Crippen LogP contribution in [0.1, 0.15) is 64.9 Å². The molecule has 2 nitrogen and oxygen atoms in total. The molecule has 0 fully saturated rings. The zero-order valence-electron chi connectivity index (χ0n) is 13.3. The third kappa shape index (κ3) is 4.99. The average Bonchev–Trinajstić information content (AvgIpc) is 2.45. The van der Waals surface area contributed by atoms with E-state index in [2.05, 4.69) is 38.1 Å². The van der Waals surface area contributed by atoms with E-state index in [1.54, 1.807) is 0 Å². The van der Waals surface area contributed by atoms with Crippen molar-refractivity contribution in [1.82, 2.24) is 0 Å². The fourth-order valence-corrected chi connectivity index (χ4v) is 2.43. The van der Waals surface area contributed by atoms with Crippen molar-refractivity contribution in [1.29, 1.82) is 0 Å². The largest absolute Gasteiger partial charge is 0.465 e. The minimum absolute atomic E-state index is 0.0691. The van der Waals surface area contributed by atoms with E-state index in [0.29, 0.717) is 12.5 Å². The van der Waals surface area contributed by atoms with Crippen LogP contribution in [-0.2, 0) is 9.53 Å². The Kier molecular flexibility index (Phi) is 6.77. The van der Waals surface area contributed by atoms with E-state index in [9.17, 15) is 4.79 Å². The number of hydrogen-bond acceptors (Lipinski definition) is 2. The quantitative estimate of drug-likeness (QED) is 0.496. The van der Waals surface area contributed by atoms with E-state index < -0.39 is 5.41 Å². The Labute approximate surface area is 123 Å². The number of esters is 1. The molecule has 0 amide bonds. The van der Waals surface area contributed by atoms with Crippen molar-refractivity contribution >= 4 is 5.97 Å². The fourth-order valence-electron chi connectivity index (χ4n) is 2.43. The lowest BCUT2D eigenvalue weighted by atomic mass is 9.79. The van der Waals surface area contributed by atoms with Crippen LogP contribution in [0.15, 0.2) is 30.3 Å². The Bertz CT molecular complexity index is 395. The van der Waals surface area contributed by atoms with Gasteiger partial charge in [0.15, 0.2) is 0 Å². The summed E-state index contributed by atoms with van der Waals surface area (Å²) in [6.45, 7) is 8.80. The van der Waals surface area contributed by atoms with Crippen LogP contribution in [0.3, 0.4) is 0 Å². The van der Waals surface area contributed by atoms with Gasteiger partial charge in [-0.25, -0.2) is 0 Å². The van der Waals surface area contributed by atoms with Crippen LogP contribution in [0.2, 0.25) is 0 Å². The maximum atomic E-state index is 12.2. The summed E-state index contributed by atoms with van der Waals surface area (Å²) in [5, 5.41) is 0. The van der Waals surface area contributed by atoms with Crippen LogP contribution in [0.25, 0.3) is 0 Å². The van der Waals surface area contributed by atoms with E-state index in [0.717, 1.165) is 25.7 Å². The molecular formula is C18H28O2. The number of rotatable bonds is 8. The first kappa shape index (κ1) is 16.7. The Morgan fingerprint density at radius 2 is 1.85 bits per heavy atom. The number of carbonyl (C=O) groups is 1. The molecule has 1 atom stereocenters. The summed E-state index contributed by atoms with van der Waals surface area (Å²) in [4.78, 5) is 12.2. The number of carbonyl (C=O) groups excluding carboxylic acids is 1. The highest BCUT2D eigenvalue weighted by molar-refractivity contribution is 5.76. The first-order valence-corrected chi connectivity index (χ1v) is 7.73. The summed E-state index contributed by atoms with van der Waals surface area (Å²) in [6.07, 6.45) is 3.86. The third-order valence-electron chi connectivity index (χ3n) is 3.80. The predicted molar refractivity (Wildman–Crippen MR) is 83.7 cm³/mol. The second-order valence-electron chi connectivity index (χ2n) is 6.09. The third-order valence-corrected chi connectivity index (χ3v) is 3.80. The summed E-state index contributed by atoms with van der Waals surface area (Å²) >= 11 is 0. The maximum Gasteiger partial charge on any atom is 0.311 e. The minimum Gasteiger partial charge on any atom is -0.465 e. The predicted octanol–water partition coefficient (Wildman–Crippen LogP) is 4.94. The van der Waals surface area contributed by atoms with Crippen molar-refractivity contribution < 1.29 is 9.53 Å². The Hall–Kier alpha value is -1.31. The van der Waals surface area contributed by atoms with Crippen molar-refractivity contribution in [3.8, 4) is 0 Å². The van der Waals surface area contributed by atoms with Crippen molar-refractivity contribution in [2.24, 2.45) is 5.41 Å². The second-order valence-corrected chi connectivity index (χ2v) is 6.09. The van der Waals surface area contributed by atoms with Gasteiger partial charge in [-0.3, -0.25) is 4.79 Å². The molecule has 1 aromatic rings. The van der Waals surface area contributed by atoms with E-state index >= 15 is 0 Å². The van der Waals surface area contributed by atoms with Crippen LogP contribution < -0.4 is 0 Å². The number of hydrogen-bond donors (Lipinski definition) is 0. The smallest absolute Gasteiger partial charge is 0.311 e. The molecular weight excluding hydrogens is 248 g/mol. The number of benzene rings is 1. The highest BCUT2D eigenvalue weighted by Gasteiger charge is 2.32. The summed E-state index contributed by atoms with van der Waals surface area (Å²) in [6, 6.07) is 10.4. The molecule has 2 heteroatoms. The monoisotopic (exact) mass is 276 g/mol. The van der Waals surface area contributed by atoms with Crippen molar-refractivity contribution in [2.45, 2.75) is 59.3 Å². The molecule has 1 rings (SSSR count). The normalized spacial score (nSPS) is 13.0. The minimum atomic E-state index is -0.426. The molecule has 0 aliphatic rings. The molecule has 0 aromatic heterocycles. The van der Waals surface area contributed by atoms with E-state index in [4.69, 9.17) is 4.74 Å².